The normalized spacial score (nSPS) is 12.4. The fourth-order valence-electron chi connectivity index (χ4n) is 1.73. The van der Waals surface area contributed by atoms with Gasteiger partial charge in [0, 0.05) is 16.7 Å². The molecule has 0 fully saturated rings. The van der Waals surface area contributed by atoms with E-state index in [9.17, 15) is 0 Å². The van der Waals surface area contributed by atoms with Crippen molar-refractivity contribution in [2.24, 2.45) is 0 Å². The van der Waals surface area contributed by atoms with E-state index in [1.165, 1.54) is 24.2 Å². The lowest BCUT2D eigenvalue weighted by Gasteiger charge is -2.12. The Labute approximate surface area is 116 Å². The second-order valence-corrected chi connectivity index (χ2v) is 6.03. The highest BCUT2D eigenvalue weighted by Gasteiger charge is 2.04. The van der Waals surface area contributed by atoms with E-state index in [0.29, 0.717) is 5.25 Å². The summed E-state index contributed by atoms with van der Waals surface area (Å²) in [5.74, 6) is 0.921. The molecule has 1 unspecified atom stereocenters. The van der Waals surface area contributed by atoms with Gasteiger partial charge in [-0.3, -0.25) is 0 Å². The predicted molar refractivity (Wildman–Crippen MR) is 80.7 cm³/mol. The van der Waals surface area contributed by atoms with Crippen LogP contribution in [0, 0.1) is 0 Å². The second kappa shape index (κ2) is 9.29. The molecular weight excluding hydrogens is 242 g/mol. The van der Waals surface area contributed by atoms with Crippen LogP contribution < -0.4 is 10.1 Å². The number of hydrogen-bond acceptors (Lipinski definition) is 3. The molecule has 0 aliphatic heterocycles. The van der Waals surface area contributed by atoms with E-state index < -0.39 is 0 Å². The van der Waals surface area contributed by atoms with Crippen LogP contribution in [0.2, 0.25) is 0 Å². The highest BCUT2D eigenvalue weighted by molar-refractivity contribution is 8.00. The minimum absolute atomic E-state index is 0.597. The van der Waals surface area contributed by atoms with Gasteiger partial charge in [-0.05, 0) is 37.2 Å². The average Bonchev–Trinajstić information content (AvgIpc) is 2.39. The summed E-state index contributed by atoms with van der Waals surface area (Å²) in [4.78, 5) is 1.30. The molecule has 2 nitrogen and oxygen atoms in total. The average molecular weight is 267 g/mol. The summed E-state index contributed by atoms with van der Waals surface area (Å²) in [6.07, 6.45) is 3.90. The molecule has 1 aromatic carbocycles. The Bertz CT molecular complexity index is 313. The summed E-state index contributed by atoms with van der Waals surface area (Å²) in [5.41, 5.74) is 0. The van der Waals surface area contributed by atoms with Crippen molar-refractivity contribution < 1.29 is 4.74 Å². The summed E-state index contributed by atoms with van der Waals surface area (Å²) in [6.45, 7) is 6.71. The number of ether oxygens (including phenoxy) is 1. The minimum Gasteiger partial charge on any atom is -0.497 e. The largest absolute Gasteiger partial charge is 0.497 e. The van der Waals surface area contributed by atoms with E-state index in [1.54, 1.807) is 7.11 Å². The van der Waals surface area contributed by atoms with Gasteiger partial charge in [0.1, 0.15) is 5.75 Å². The smallest absolute Gasteiger partial charge is 0.118 e. The van der Waals surface area contributed by atoms with E-state index in [4.69, 9.17) is 4.74 Å². The molecule has 0 radical (unpaired) electrons. The third kappa shape index (κ3) is 6.31. The third-order valence-electron chi connectivity index (χ3n) is 2.79. The van der Waals surface area contributed by atoms with Crippen LogP contribution in [0.4, 0.5) is 0 Å². The molecule has 1 N–H and O–H groups in total. The lowest BCUT2D eigenvalue weighted by atomic mass is 10.2. The van der Waals surface area contributed by atoms with Crippen LogP contribution in [-0.4, -0.2) is 25.4 Å². The monoisotopic (exact) mass is 267 g/mol. The maximum atomic E-state index is 5.15. The first-order valence-corrected chi connectivity index (χ1v) is 7.65. The van der Waals surface area contributed by atoms with Crippen molar-refractivity contribution in [1.29, 1.82) is 0 Å². The first kappa shape index (κ1) is 15.4. The summed E-state index contributed by atoms with van der Waals surface area (Å²) < 4.78 is 5.15. The first-order valence-electron chi connectivity index (χ1n) is 6.77. The van der Waals surface area contributed by atoms with Crippen LogP contribution >= 0.6 is 11.8 Å². The quantitative estimate of drug-likeness (QED) is 0.540. The number of unbranched alkanes of at least 4 members (excludes halogenated alkanes) is 2. The maximum absolute atomic E-state index is 5.15. The number of hydrogen-bond donors (Lipinski definition) is 1. The van der Waals surface area contributed by atoms with E-state index in [-0.39, 0.29) is 0 Å². The molecule has 0 saturated heterocycles. The van der Waals surface area contributed by atoms with Crippen LogP contribution in [0.1, 0.15) is 33.1 Å². The van der Waals surface area contributed by atoms with E-state index >= 15 is 0 Å². The number of methoxy groups -OCH3 is 1. The van der Waals surface area contributed by atoms with Crippen molar-refractivity contribution in [3.8, 4) is 5.75 Å². The predicted octanol–water partition coefficient (Wildman–Crippen LogP) is 3.96. The molecule has 1 rings (SSSR count). The van der Waals surface area contributed by atoms with Crippen molar-refractivity contribution in [2.75, 3.05) is 20.2 Å². The molecule has 0 saturated carbocycles. The summed E-state index contributed by atoms with van der Waals surface area (Å²) in [6, 6.07) is 8.28. The lowest BCUT2D eigenvalue weighted by molar-refractivity contribution is 0.414. The van der Waals surface area contributed by atoms with Crippen molar-refractivity contribution in [2.45, 2.75) is 43.3 Å². The Kier molecular flexibility index (Phi) is 7.94. The number of nitrogens with one attached hydrogen (secondary N) is 1. The highest BCUT2D eigenvalue weighted by atomic mass is 32.2. The van der Waals surface area contributed by atoms with Gasteiger partial charge < -0.3 is 10.1 Å². The van der Waals surface area contributed by atoms with Crippen LogP contribution in [-0.2, 0) is 0 Å². The van der Waals surface area contributed by atoms with Crippen molar-refractivity contribution in [3.63, 3.8) is 0 Å². The van der Waals surface area contributed by atoms with Crippen molar-refractivity contribution >= 4 is 11.8 Å². The summed E-state index contributed by atoms with van der Waals surface area (Å²) >= 11 is 1.91. The fraction of sp³-hybridized carbons (Fsp3) is 0.600. The standard InChI is InChI=1S/C15H25NOS/c1-4-5-6-11-16-12-13(2)18-15-9-7-14(17-3)8-10-15/h7-10,13,16H,4-6,11-12H2,1-3H3. The molecule has 0 spiro atoms. The zero-order valence-corrected chi connectivity index (χ0v) is 12.6. The van der Waals surface area contributed by atoms with Crippen molar-refractivity contribution in [3.05, 3.63) is 24.3 Å². The molecule has 18 heavy (non-hydrogen) atoms. The molecule has 0 aliphatic rings. The molecule has 0 bridgehead atoms. The molecule has 0 aromatic heterocycles. The SMILES string of the molecule is CCCCCNCC(C)Sc1ccc(OC)cc1. The Morgan fingerprint density at radius 2 is 1.94 bits per heavy atom. The fourth-order valence-corrected chi connectivity index (χ4v) is 2.69. The van der Waals surface area contributed by atoms with Gasteiger partial charge in [0.25, 0.3) is 0 Å². The molecule has 102 valence electrons. The molecule has 0 heterocycles. The van der Waals surface area contributed by atoms with Crippen LogP contribution in [0.3, 0.4) is 0 Å². The maximum Gasteiger partial charge on any atom is 0.118 e. The topological polar surface area (TPSA) is 21.3 Å². The Balaban J connectivity index is 2.20. The van der Waals surface area contributed by atoms with Gasteiger partial charge in [-0.15, -0.1) is 11.8 Å². The van der Waals surface area contributed by atoms with Crippen LogP contribution in [0.15, 0.2) is 29.2 Å². The Hall–Kier alpha value is -0.670. The Morgan fingerprint density at radius 1 is 1.22 bits per heavy atom. The lowest BCUT2D eigenvalue weighted by Crippen LogP contribution is -2.23. The van der Waals surface area contributed by atoms with Crippen LogP contribution in [0.25, 0.3) is 0 Å². The first-order chi connectivity index (χ1) is 8.76. The van der Waals surface area contributed by atoms with E-state index in [2.05, 4.69) is 31.3 Å². The zero-order valence-electron chi connectivity index (χ0n) is 11.7. The van der Waals surface area contributed by atoms with Gasteiger partial charge in [-0.1, -0.05) is 26.7 Å². The Morgan fingerprint density at radius 3 is 2.56 bits per heavy atom. The highest BCUT2D eigenvalue weighted by Crippen LogP contribution is 2.24. The van der Waals surface area contributed by atoms with E-state index in [1.807, 2.05) is 23.9 Å². The van der Waals surface area contributed by atoms with Gasteiger partial charge in [-0.25, -0.2) is 0 Å². The van der Waals surface area contributed by atoms with Gasteiger partial charge >= 0.3 is 0 Å². The second-order valence-electron chi connectivity index (χ2n) is 4.52. The van der Waals surface area contributed by atoms with Crippen LogP contribution in [0.5, 0.6) is 5.75 Å². The zero-order chi connectivity index (χ0) is 13.2. The number of thioether (sulfide) groups is 1. The number of benzene rings is 1. The molecular formula is C15H25NOS. The number of rotatable bonds is 9. The van der Waals surface area contributed by atoms with Gasteiger partial charge in [-0.2, -0.15) is 0 Å². The molecule has 1 atom stereocenters. The van der Waals surface area contributed by atoms with E-state index in [0.717, 1.165) is 18.8 Å². The summed E-state index contributed by atoms with van der Waals surface area (Å²) in [5, 5.41) is 4.11. The molecule has 3 heteroatoms. The van der Waals surface area contributed by atoms with Gasteiger partial charge in [0.05, 0.1) is 7.11 Å². The summed E-state index contributed by atoms with van der Waals surface area (Å²) in [7, 11) is 1.70. The van der Waals surface area contributed by atoms with Gasteiger partial charge in [0.2, 0.25) is 0 Å². The molecule has 0 aliphatic carbocycles. The molecule has 1 aromatic rings. The molecule has 0 amide bonds. The van der Waals surface area contributed by atoms with Crippen molar-refractivity contribution in [1.82, 2.24) is 5.32 Å². The minimum atomic E-state index is 0.597. The van der Waals surface area contributed by atoms with Gasteiger partial charge in [0.15, 0.2) is 0 Å². The third-order valence-corrected chi connectivity index (χ3v) is 3.90.